The van der Waals surface area contributed by atoms with Gasteiger partial charge in [-0.15, -0.1) is 0 Å². The van der Waals surface area contributed by atoms with Crippen LogP contribution < -0.4 is 10.3 Å². The van der Waals surface area contributed by atoms with Gasteiger partial charge in [0, 0.05) is 5.56 Å². The Hall–Kier alpha value is -3.43. The van der Waals surface area contributed by atoms with Gasteiger partial charge in [-0.1, -0.05) is 41.1 Å². The molecule has 29 heavy (non-hydrogen) atoms. The maximum atomic E-state index is 12.2. The first-order chi connectivity index (χ1) is 13.8. The van der Waals surface area contributed by atoms with Crippen molar-refractivity contribution >= 4 is 41.0 Å². The summed E-state index contributed by atoms with van der Waals surface area (Å²) in [4.78, 5) is 35.3. The Balaban J connectivity index is 1.74. The molecule has 0 aliphatic heterocycles. The van der Waals surface area contributed by atoms with Crippen molar-refractivity contribution in [2.75, 3.05) is 0 Å². The largest absolute Gasteiger partial charge is 0.508 e. The van der Waals surface area contributed by atoms with Gasteiger partial charge in [-0.25, -0.2) is 10.2 Å². The monoisotopic (exact) mass is 431 g/mol. The lowest BCUT2D eigenvalue weighted by atomic mass is 10.1. The first kappa shape index (κ1) is 20.3. The van der Waals surface area contributed by atoms with E-state index in [1.807, 2.05) is 0 Å². The molecule has 2 aromatic carbocycles. The molecule has 8 nitrogen and oxygen atoms in total. The van der Waals surface area contributed by atoms with E-state index in [4.69, 9.17) is 16.7 Å². The number of aromatic nitrogens is 1. The zero-order valence-corrected chi connectivity index (χ0v) is 16.3. The molecule has 148 valence electrons. The molecule has 1 aromatic heterocycles. The van der Waals surface area contributed by atoms with Gasteiger partial charge >= 0.3 is 10.8 Å². The molecule has 0 bridgehead atoms. The Morgan fingerprint density at radius 2 is 1.90 bits per heavy atom. The van der Waals surface area contributed by atoms with Gasteiger partial charge in [-0.05, 0) is 35.9 Å². The van der Waals surface area contributed by atoms with E-state index < -0.39 is 11.9 Å². The van der Waals surface area contributed by atoms with Crippen molar-refractivity contribution in [3.8, 4) is 5.75 Å². The minimum atomic E-state index is -1.06. The topological polar surface area (TPSA) is 121 Å². The molecule has 0 fully saturated rings. The molecule has 0 atom stereocenters. The van der Waals surface area contributed by atoms with Gasteiger partial charge in [0.25, 0.3) is 5.91 Å². The highest BCUT2D eigenvalue weighted by Crippen LogP contribution is 2.19. The molecule has 0 unspecified atom stereocenters. The number of benzene rings is 2. The molecule has 0 radical (unpaired) electrons. The number of nitrogens with zero attached hydrogens (tertiary/aromatic N) is 2. The number of hydrogen-bond acceptors (Lipinski definition) is 6. The van der Waals surface area contributed by atoms with Gasteiger partial charge in [0.05, 0.1) is 23.2 Å². The average molecular weight is 432 g/mol. The van der Waals surface area contributed by atoms with Crippen LogP contribution >= 0.6 is 22.9 Å². The molecule has 1 heterocycles. The van der Waals surface area contributed by atoms with Crippen molar-refractivity contribution < 1.29 is 19.8 Å². The van der Waals surface area contributed by atoms with Crippen LogP contribution in [0.4, 0.5) is 0 Å². The number of carbonyl (C=O) groups is 2. The fourth-order valence-corrected chi connectivity index (χ4v) is 3.57. The highest BCUT2D eigenvalue weighted by molar-refractivity contribution is 7.11. The van der Waals surface area contributed by atoms with E-state index in [1.54, 1.807) is 12.1 Å². The first-order valence-corrected chi connectivity index (χ1v) is 9.38. The highest BCUT2D eigenvalue weighted by atomic mass is 35.5. The number of thiazole rings is 1. The van der Waals surface area contributed by atoms with E-state index in [0.717, 1.165) is 11.3 Å². The summed E-state index contributed by atoms with van der Waals surface area (Å²) in [6.45, 7) is 0.0960. The van der Waals surface area contributed by atoms with Crippen molar-refractivity contribution in [2.45, 2.75) is 6.54 Å². The number of hydrogen-bond donors (Lipinski definition) is 3. The Morgan fingerprint density at radius 3 is 2.62 bits per heavy atom. The summed E-state index contributed by atoms with van der Waals surface area (Å²) in [7, 11) is 0. The predicted molar refractivity (Wildman–Crippen MR) is 109 cm³/mol. The summed E-state index contributed by atoms with van der Waals surface area (Å²) in [5.41, 5.74) is 3.22. The van der Waals surface area contributed by atoms with Crippen LogP contribution in [0.3, 0.4) is 0 Å². The van der Waals surface area contributed by atoms with Crippen molar-refractivity contribution in [1.29, 1.82) is 0 Å². The third-order valence-corrected chi connectivity index (χ3v) is 5.26. The van der Waals surface area contributed by atoms with Crippen molar-refractivity contribution in [2.24, 2.45) is 5.10 Å². The zero-order valence-electron chi connectivity index (χ0n) is 14.7. The molecular weight excluding hydrogens is 418 g/mol. The Morgan fingerprint density at radius 1 is 1.17 bits per heavy atom. The Kier molecular flexibility index (Phi) is 6.10. The number of rotatable bonds is 6. The van der Waals surface area contributed by atoms with E-state index in [0.29, 0.717) is 10.4 Å². The second-order valence-electron chi connectivity index (χ2n) is 5.86. The molecule has 0 saturated carbocycles. The first-order valence-electron chi connectivity index (χ1n) is 8.19. The number of phenols is 1. The lowest BCUT2D eigenvalue weighted by Gasteiger charge is -2.05. The Bertz CT molecular complexity index is 1170. The number of phenolic OH excluding ortho intramolecular Hbond substituents is 1. The number of carboxylic acid groups (broad SMARTS) is 1. The minimum Gasteiger partial charge on any atom is -0.508 e. The van der Waals surface area contributed by atoms with Crippen LogP contribution in [-0.2, 0) is 6.54 Å². The Labute approximate surface area is 173 Å². The van der Waals surface area contributed by atoms with Gasteiger partial charge < -0.3 is 10.2 Å². The second-order valence-corrected chi connectivity index (χ2v) is 7.22. The molecule has 3 rings (SSSR count). The third-order valence-electron chi connectivity index (χ3n) is 3.83. The normalized spacial score (nSPS) is 10.9. The second kappa shape index (κ2) is 8.72. The summed E-state index contributed by atoms with van der Waals surface area (Å²) in [5, 5.41) is 22.4. The van der Waals surface area contributed by atoms with Crippen LogP contribution in [0.2, 0.25) is 5.15 Å². The van der Waals surface area contributed by atoms with Crippen LogP contribution in [0.1, 0.15) is 31.2 Å². The molecule has 3 aromatic rings. The van der Waals surface area contributed by atoms with E-state index >= 15 is 0 Å². The van der Waals surface area contributed by atoms with Gasteiger partial charge in [0.1, 0.15) is 10.9 Å². The number of nitrogens with one attached hydrogen (secondary N) is 1. The molecule has 0 saturated heterocycles. The van der Waals surface area contributed by atoms with E-state index in [1.165, 1.54) is 47.2 Å². The SMILES string of the molecule is O=C(O)c1cccc(Cn2c(Cl)c(C=NNC(=O)c3cccc(O)c3)sc2=O)c1. The number of halogens is 1. The van der Waals surface area contributed by atoms with E-state index in [2.05, 4.69) is 10.5 Å². The average Bonchev–Trinajstić information content (AvgIpc) is 2.95. The van der Waals surface area contributed by atoms with Gasteiger partial charge in [-0.3, -0.25) is 14.2 Å². The summed E-state index contributed by atoms with van der Waals surface area (Å²) >= 11 is 7.09. The lowest BCUT2D eigenvalue weighted by Crippen LogP contribution is -2.17. The van der Waals surface area contributed by atoms with Crippen molar-refractivity contribution in [3.63, 3.8) is 0 Å². The van der Waals surface area contributed by atoms with E-state index in [9.17, 15) is 19.5 Å². The number of hydrazone groups is 1. The standard InChI is InChI=1S/C19H14ClN3O5S/c20-16-15(9-21-22-17(25)12-4-2-6-14(24)8-12)29-19(28)23(16)10-11-3-1-5-13(7-11)18(26)27/h1-9,24H,10H2,(H,22,25)(H,26,27). The molecule has 0 aliphatic carbocycles. The quantitative estimate of drug-likeness (QED) is 0.409. The number of carbonyl (C=O) groups excluding carboxylic acids is 1. The fraction of sp³-hybridized carbons (Fsp3) is 0.0526. The predicted octanol–water partition coefficient (Wildman–Crippen LogP) is 2.78. The molecule has 10 heteroatoms. The third kappa shape index (κ3) is 4.89. The van der Waals surface area contributed by atoms with E-state index in [-0.39, 0.29) is 33.4 Å². The molecule has 3 N–H and O–H groups in total. The highest BCUT2D eigenvalue weighted by Gasteiger charge is 2.13. The number of aromatic carboxylic acids is 1. The molecule has 0 aliphatic rings. The number of aromatic hydroxyl groups is 1. The molecule has 1 amide bonds. The van der Waals surface area contributed by atoms with Gasteiger partial charge in [0.2, 0.25) is 0 Å². The summed E-state index contributed by atoms with van der Waals surface area (Å²) < 4.78 is 1.28. The van der Waals surface area contributed by atoms with Crippen molar-refractivity contribution in [1.82, 2.24) is 9.99 Å². The van der Waals surface area contributed by atoms with Crippen molar-refractivity contribution in [3.05, 3.63) is 84.9 Å². The van der Waals surface area contributed by atoms with Crippen LogP contribution in [0.15, 0.2) is 58.4 Å². The van der Waals surface area contributed by atoms with Gasteiger partial charge in [0.15, 0.2) is 0 Å². The van der Waals surface area contributed by atoms with Crippen LogP contribution in [-0.4, -0.2) is 32.9 Å². The number of amides is 1. The zero-order chi connectivity index (χ0) is 21.0. The molecule has 0 spiro atoms. The minimum absolute atomic E-state index is 0.0491. The molecular formula is C19H14ClN3O5S. The van der Waals surface area contributed by atoms with Gasteiger partial charge in [-0.2, -0.15) is 5.10 Å². The number of carboxylic acids is 1. The summed E-state index contributed by atoms with van der Waals surface area (Å²) in [5.74, 6) is -1.65. The fourth-order valence-electron chi connectivity index (χ4n) is 2.46. The van der Waals surface area contributed by atoms with Crippen LogP contribution in [0, 0.1) is 0 Å². The summed E-state index contributed by atoms with van der Waals surface area (Å²) in [6, 6.07) is 12.0. The van der Waals surface area contributed by atoms with Crippen LogP contribution in [0.25, 0.3) is 0 Å². The smallest absolute Gasteiger partial charge is 0.335 e. The van der Waals surface area contributed by atoms with Crippen LogP contribution in [0.5, 0.6) is 5.75 Å². The lowest BCUT2D eigenvalue weighted by molar-refractivity contribution is 0.0696. The maximum absolute atomic E-state index is 12.2. The summed E-state index contributed by atoms with van der Waals surface area (Å²) in [6.07, 6.45) is 1.25. The maximum Gasteiger partial charge on any atom is 0.335 e.